The maximum atomic E-state index is 3.56. The van der Waals surface area contributed by atoms with Crippen LogP contribution in [0.3, 0.4) is 0 Å². The largest absolute Gasteiger partial charge is 0.310 e. The molecule has 2 nitrogen and oxygen atoms in total. The fourth-order valence-electron chi connectivity index (χ4n) is 1.87. The summed E-state index contributed by atoms with van der Waals surface area (Å²) in [5, 5.41) is 3.56. The van der Waals surface area contributed by atoms with Gasteiger partial charge in [0.2, 0.25) is 0 Å². The topological polar surface area (TPSA) is 15.3 Å². The van der Waals surface area contributed by atoms with Crippen molar-refractivity contribution in [2.45, 2.75) is 37.2 Å². The van der Waals surface area contributed by atoms with Crippen LogP contribution in [-0.4, -0.2) is 37.3 Å². The first-order chi connectivity index (χ1) is 8.65. The van der Waals surface area contributed by atoms with E-state index in [1.165, 1.54) is 28.9 Å². The molecule has 1 aromatic carbocycles. The van der Waals surface area contributed by atoms with E-state index in [0.717, 1.165) is 24.9 Å². The number of benzene rings is 1. The molecule has 0 amide bonds. The molecule has 2 rings (SSSR count). The average Bonchev–Trinajstić information content (AvgIpc) is 3.12. The molecule has 1 aromatic rings. The molecule has 0 atom stereocenters. The number of rotatable bonds is 7. The van der Waals surface area contributed by atoms with Gasteiger partial charge in [-0.3, -0.25) is 0 Å². The lowest BCUT2D eigenvalue weighted by molar-refractivity contribution is 0.437. The summed E-state index contributed by atoms with van der Waals surface area (Å²) in [6.45, 7) is 4.38. The van der Waals surface area contributed by atoms with Gasteiger partial charge in [0.1, 0.15) is 0 Å². The molecule has 100 valence electrons. The maximum absolute atomic E-state index is 3.56. The van der Waals surface area contributed by atoms with Gasteiger partial charge in [-0.2, -0.15) is 0 Å². The van der Waals surface area contributed by atoms with Gasteiger partial charge in [0.25, 0.3) is 0 Å². The van der Waals surface area contributed by atoms with Crippen molar-refractivity contribution in [2.24, 2.45) is 0 Å². The first-order valence-electron chi connectivity index (χ1n) is 6.75. The average molecular weight is 264 g/mol. The van der Waals surface area contributed by atoms with E-state index in [4.69, 9.17) is 0 Å². The second kappa shape index (κ2) is 6.60. The fourth-order valence-corrected chi connectivity index (χ4v) is 3.00. The van der Waals surface area contributed by atoms with Crippen LogP contribution in [0.1, 0.15) is 24.0 Å². The Hall–Kier alpha value is -0.510. The van der Waals surface area contributed by atoms with Gasteiger partial charge in [-0.1, -0.05) is 12.1 Å². The molecule has 0 bridgehead atoms. The van der Waals surface area contributed by atoms with Crippen molar-refractivity contribution < 1.29 is 0 Å². The van der Waals surface area contributed by atoms with Crippen LogP contribution in [0.2, 0.25) is 0 Å². The van der Waals surface area contributed by atoms with E-state index in [1.54, 1.807) is 0 Å². The predicted molar refractivity (Wildman–Crippen MR) is 80.3 cm³/mol. The van der Waals surface area contributed by atoms with E-state index in [-0.39, 0.29) is 0 Å². The van der Waals surface area contributed by atoms with Crippen LogP contribution in [0.5, 0.6) is 0 Å². The molecule has 0 spiro atoms. The summed E-state index contributed by atoms with van der Waals surface area (Å²) in [6.07, 6.45) is 2.72. The normalized spacial score (nSPS) is 15.3. The number of hydrogen-bond acceptors (Lipinski definition) is 3. The molecular formula is C15H24N2S. The van der Waals surface area contributed by atoms with E-state index in [2.05, 4.69) is 49.4 Å². The Labute approximate surface area is 115 Å². The quantitative estimate of drug-likeness (QED) is 0.762. The minimum Gasteiger partial charge on any atom is -0.310 e. The minimum absolute atomic E-state index is 0.791. The number of nitrogens with one attached hydrogen (secondary N) is 1. The number of hydrogen-bond donors (Lipinski definition) is 1. The third-order valence-corrected chi connectivity index (χ3v) is 4.36. The summed E-state index contributed by atoms with van der Waals surface area (Å²) in [5.74, 6) is 1.16. The molecule has 0 saturated heterocycles. The second-order valence-electron chi connectivity index (χ2n) is 5.41. The van der Waals surface area contributed by atoms with Gasteiger partial charge in [0.05, 0.1) is 0 Å². The van der Waals surface area contributed by atoms with Gasteiger partial charge in [0, 0.05) is 29.8 Å². The van der Waals surface area contributed by atoms with Crippen LogP contribution in [0.4, 0.5) is 0 Å². The lowest BCUT2D eigenvalue weighted by Crippen LogP contribution is -2.15. The Balaban J connectivity index is 1.83. The lowest BCUT2D eigenvalue weighted by Gasteiger charge is -2.11. The van der Waals surface area contributed by atoms with E-state index in [0.29, 0.717) is 0 Å². The molecular weight excluding hydrogens is 240 g/mol. The highest BCUT2D eigenvalue weighted by Crippen LogP contribution is 2.24. The monoisotopic (exact) mass is 264 g/mol. The number of thioether (sulfide) groups is 1. The van der Waals surface area contributed by atoms with E-state index in [9.17, 15) is 0 Å². The van der Waals surface area contributed by atoms with Crippen molar-refractivity contribution in [3.05, 3.63) is 29.3 Å². The Morgan fingerprint density at radius 2 is 2.11 bits per heavy atom. The molecule has 0 radical (unpaired) electrons. The molecule has 0 unspecified atom stereocenters. The third kappa shape index (κ3) is 4.63. The Kier molecular flexibility index (Phi) is 5.10. The van der Waals surface area contributed by atoms with E-state index >= 15 is 0 Å². The summed E-state index contributed by atoms with van der Waals surface area (Å²) in [6, 6.07) is 7.66. The summed E-state index contributed by atoms with van der Waals surface area (Å²) >= 11 is 1.96. The van der Waals surface area contributed by atoms with E-state index < -0.39 is 0 Å². The molecule has 1 N–H and O–H groups in total. The van der Waals surface area contributed by atoms with Crippen molar-refractivity contribution in [1.29, 1.82) is 0 Å². The van der Waals surface area contributed by atoms with Gasteiger partial charge in [-0.05, 0) is 51.1 Å². The van der Waals surface area contributed by atoms with E-state index in [1.807, 2.05) is 11.8 Å². The highest BCUT2D eigenvalue weighted by Gasteiger charge is 2.19. The van der Waals surface area contributed by atoms with Crippen LogP contribution in [0.15, 0.2) is 23.1 Å². The van der Waals surface area contributed by atoms with Crippen molar-refractivity contribution in [3.8, 4) is 0 Å². The smallest absolute Gasteiger partial charge is 0.0208 e. The van der Waals surface area contributed by atoms with Crippen LogP contribution in [0.25, 0.3) is 0 Å². The minimum atomic E-state index is 0.791. The molecule has 0 aliphatic heterocycles. The Bertz CT molecular complexity index is 386. The summed E-state index contributed by atoms with van der Waals surface area (Å²) in [4.78, 5) is 3.66. The van der Waals surface area contributed by atoms with Gasteiger partial charge >= 0.3 is 0 Å². The zero-order chi connectivity index (χ0) is 13.0. The van der Waals surface area contributed by atoms with Gasteiger partial charge in [-0.15, -0.1) is 11.8 Å². The molecule has 18 heavy (non-hydrogen) atoms. The molecule has 1 aliphatic rings. The van der Waals surface area contributed by atoms with Gasteiger partial charge in [-0.25, -0.2) is 0 Å². The summed E-state index contributed by atoms with van der Waals surface area (Å²) in [5.41, 5.74) is 2.82. The molecule has 0 heterocycles. The van der Waals surface area contributed by atoms with Crippen molar-refractivity contribution >= 4 is 11.8 Å². The SMILES string of the molecule is Cc1cc(CNC2CC2)ccc1SCCN(C)C. The molecule has 3 heteroatoms. The zero-order valence-electron chi connectivity index (χ0n) is 11.7. The summed E-state index contributed by atoms with van der Waals surface area (Å²) in [7, 11) is 4.25. The van der Waals surface area contributed by atoms with Crippen molar-refractivity contribution in [2.75, 3.05) is 26.4 Å². The molecule has 1 saturated carbocycles. The highest BCUT2D eigenvalue weighted by molar-refractivity contribution is 7.99. The molecule has 0 aromatic heterocycles. The van der Waals surface area contributed by atoms with Crippen LogP contribution in [0, 0.1) is 6.92 Å². The summed E-state index contributed by atoms with van der Waals surface area (Å²) < 4.78 is 0. The predicted octanol–water partition coefficient (Wildman–Crippen LogP) is 2.90. The second-order valence-corrected chi connectivity index (χ2v) is 6.54. The van der Waals surface area contributed by atoms with Crippen molar-refractivity contribution in [3.63, 3.8) is 0 Å². The first-order valence-corrected chi connectivity index (χ1v) is 7.74. The number of aryl methyl sites for hydroxylation is 1. The Morgan fingerprint density at radius 3 is 2.72 bits per heavy atom. The first kappa shape index (κ1) is 13.9. The van der Waals surface area contributed by atoms with Gasteiger partial charge in [0.15, 0.2) is 0 Å². The van der Waals surface area contributed by atoms with Crippen molar-refractivity contribution in [1.82, 2.24) is 10.2 Å². The van der Waals surface area contributed by atoms with Crippen LogP contribution >= 0.6 is 11.8 Å². The van der Waals surface area contributed by atoms with Crippen LogP contribution < -0.4 is 5.32 Å². The number of nitrogens with zero attached hydrogens (tertiary/aromatic N) is 1. The van der Waals surface area contributed by atoms with Gasteiger partial charge < -0.3 is 10.2 Å². The standard InChI is InChI=1S/C15H24N2S/c1-12-10-13(11-16-14-5-6-14)4-7-15(12)18-9-8-17(2)3/h4,7,10,14,16H,5-6,8-9,11H2,1-3H3. The zero-order valence-corrected chi connectivity index (χ0v) is 12.5. The highest BCUT2D eigenvalue weighted by atomic mass is 32.2. The molecule has 1 fully saturated rings. The van der Waals surface area contributed by atoms with Crippen LogP contribution in [-0.2, 0) is 6.54 Å². The molecule has 1 aliphatic carbocycles. The third-order valence-electron chi connectivity index (χ3n) is 3.21. The fraction of sp³-hybridized carbons (Fsp3) is 0.600. The maximum Gasteiger partial charge on any atom is 0.0208 e. The lowest BCUT2D eigenvalue weighted by atomic mass is 10.1. The Morgan fingerprint density at radius 1 is 1.33 bits per heavy atom.